The number of nitrogens with zero attached hydrogens (tertiary/aromatic N) is 3. The molecule has 1 aromatic rings. The first-order valence-corrected chi connectivity index (χ1v) is 10.4. The van der Waals surface area contributed by atoms with E-state index < -0.39 is 0 Å². The van der Waals surface area contributed by atoms with Crippen LogP contribution in [0.3, 0.4) is 0 Å². The SMILES string of the molecule is CC(C)c1ccc(NC(=O)N2CCCN(C(=O)C3(C)CCN(C)C3)CC2)cc1. The maximum Gasteiger partial charge on any atom is 0.321 e. The molecule has 28 heavy (non-hydrogen) atoms. The maximum absolute atomic E-state index is 13.1. The van der Waals surface area contributed by atoms with Crippen molar-refractivity contribution in [3.8, 4) is 0 Å². The molecule has 3 amide bonds. The zero-order valence-corrected chi connectivity index (χ0v) is 17.7. The highest BCUT2D eigenvalue weighted by Gasteiger charge is 2.41. The third kappa shape index (κ3) is 4.66. The van der Waals surface area contributed by atoms with Gasteiger partial charge in [-0.2, -0.15) is 0 Å². The first-order chi connectivity index (χ1) is 13.3. The molecule has 1 aromatic carbocycles. The van der Waals surface area contributed by atoms with E-state index in [0.717, 1.165) is 38.2 Å². The van der Waals surface area contributed by atoms with Crippen molar-refractivity contribution in [1.29, 1.82) is 0 Å². The van der Waals surface area contributed by atoms with Gasteiger partial charge in [-0.3, -0.25) is 4.79 Å². The zero-order valence-electron chi connectivity index (χ0n) is 17.7. The fourth-order valence-electron chi connectivity index (χ4n) is 4.23. The minimum atomic E-state index is -0.287. The molecule has 2 heterocycles. The van der Waals surface area contributed by atoms with Crippen LogP contribution in [0.25, 0.3) is 0 Å². The molecule has 2 fully saturated rings. The van der Waals surface area contributed by atoms with Gasteiger partial charge in [0.05, 0.1) is 5.41 Å². The first-order valence-electron chi connectivity index (χ1n) is 10.4. The van der Waals surface area contributed by atoms with E-state index in [-0.39, 0.29) is 17.4 Å². The van der Waals surface area contributed by atoms with E-state index in [0.29, 0.717) is 25.6 Å². The van der Waals surface area contributed by atoms with Gasteiger partial charge < -0.3 is 20.0 Å². The van der Waals surface area contributed by atoms with Crippen molar-refractivity contribution in [2.24, 2.45) is 5.41 Å². The van der Waals surface area contributed by atoms with Gasteiger partial charge >= 0.3 is 6.03 Å². The van der Waals surface area contributed by atoms with Crippen LogP contribution in [0.5, 0.6) is 0 Å². The number of amides is 3. The number of anilines is 1. The smallest absolute Gasteiger partial charge is 0.321 e. The second-order valence-corrected chi connectivity index (χ2v) is 8.89. The molecule has 2 saturated heterocycles. The van der Waals surface area contributed by atoms with Crippen LogP contribution in [-0.4, -0.2) is 73.0 Å². The lowest BCUT2D eigenvalue weighted by Gasteiger charge is -2.31. The second-order valence-electron chi connectivity index (χ2n) is 8.89. The van der Waals surface area contributed by atoms with E-state index in [9.17, 15) is 9.59 Å². The lowest BCUT2D eigenvalue weighted by atomic mass is 9.88. The summed E-state index contributed by atoms with van der Waals surface area (Å²) < 4.78 is 0. The molecule has 0 saturated carbocycles. The summed E-state index contributed by atoms with van der Waals surface area (Å²) in [5.41, 5.74) is 1.78. The number of carbonyl (C=O) groups excluding carboxylic acids is 2. The van der Waals surface area contributed by atoms with Gasteiger partial charge in [-0.1, -0.05) is 26.0 Å². The van der Waals surface area contributed by atoms with E-state index in [2.05, 4.69) is 50.2 Å². The molecule has 1 N–H and O–H groups in total. The summed E-state index contributed by atoms with van der Waals surface area (Å²) in [5.74, 6) is 0.712. The summed E-state index contributed by atoms with van der Waals surface area (Å²) in [7, 11) is 2.07. The predicted octanol–water partition coefficient (Wildman–Crippen LogP) is 3.22. The number of rotatable bonds is 3. The highest BCUT2D eigenvalue weighted by Crippen LogP contribution is 2.31. The Labute approximate surface area is 168 Å². The molecular formula is C22H34N4O2. The van der Waals surface area contributed by atoms with Gasteiger partial charge in [0.1, 0.15) is 0 Å². The highest BCUT2D eigenvalue weighted by molar-refractivity contribution is 5.89. The van der Waals surface area contributed by atoms with Crippen molar-refractivity contribution in [3.63, 3.8) is 0 Å². The topological polar surface area (TPSA) is 55.9 Å². The Kier molecular flexibility index (Phi) is 6.28. The molecular weight excluding hydrogens is 352 g/mol. The lowest BCUT2D eigenvalue weighted by molar-refractivity contribution is -0.140. The first kappa shape index (κ1) is 20.6. The third-order valence-corrected chi connectivity index (χ3v) is 6.08. The normalized spacial score (nSPS) is 23.8. The van der Waals surface area contributed by atoms with E-state index in [1.165, 1.54) is 5.56 Å². The summed E-state index contributed by atoms with van der Waals surface area (Å²) in [6.07, 6.45) is 1.73. The van der Waals surface area contributed by atoms with Gasteiger partial charge in [0.25, 0.3) is 0 Å². The number of hydrogen-bond donors (Lipinski definition) is 1. The Balaban J connectivity index is 1.55. The van der Waals surface area contributed by atoms with E-state index >= 15 is 0 Å². The van der Waals surface area contributed by atoms with Gasteiger partial charge in [0, 0.05) is 38.4 Å². The van der Waals surface area contributed by atoms with Crippen molar-refractivity contribution in [3.05, 3.63) is 29.8 Å². The molecule has 0 radical (unpaired) electrons. The van der Waals surface area contributed by atoms with Gasteiger partial charge in [0.15, 0.2) is 0 Å². The molecule has 1 unspecified atom stereocenters. The van der Waals surface area contributed by atoms with Gasteiger partial charge in [0.2, 0.25) is 5.91 Å². The molecule has 6 heteroatoms. The third-order valence-electron chi connectivity index (χ3n) is 6.08. The van der Waals surface area contributed by atoms with Crippen LogP contribution in [0.15, 0.2) is 24.3 Å². The van der Waals surface area contributed by atoms with Crippen LogP contribution in [-0.2, 0) is 4.79 Å². The fraction of sp³-hybridized carbons (Fsp3) is 0.636. The quantitative estimate of drug-likeness (QED) is 0.868. The number of nitrogens with one attached hydrogen (secondary N) is 1. The fourth-order valence-corrected chi connectivity index (χ4v) is 4.23. The molecule has 0 bridgehead atoms. The van der Waals surface area contributed by atoms with Crippen LogP contribution >= 0.6 is 0 Å². The molecule has 0 aromatic heterocycles. The molecule has 154 valence electrons. The Morgan fingerprint density at radius 2 is 1.64 bits per heavy atom. The number of likely N-dealkylation sites (tertiary alicyclic amines) is 1. The molecule has 6 nitrogen and oxygen atoms in total. The summed E-state index contributed by atoms with van der Waals surface area (Å²) in [6.45, 7) is 10.8. The van der Waals surface area contributed by atoms with E-state index in [4.69, 9.17) is 0 Å². The molecule has 1 atom stereocenters. The van der Waals surface area contributed by atoms with Crippen molar-refractivity contribution in [2.75, 3.05) is 51.6 Å². The van der Waals surface area contributed by atoms with Crippen molar-refractivity contribution in [2.45, 2.75) is 39.5 Å². The Hall–Kier alpha value is -2.08. The maximum atomic E-state index is 13.1. The average molecular weight is 387 g/mol. The Morgan fingerprint density at radius 3 is 2.25 bits per heavy atom. The number of hydrogen-bond acceptors (Lipinski definition) is 3. The van der Waals surface area contributed by atoms with Crippen molar-refractivity contribution in [1.82, 2.24) is 14.7 Å². The summed E-state index contributed by atoms with van der Waals surface area (Å²) in [5, 5.41) is 2.99. The molecule has 3 rings (SSSR count). The summed E-state index contributed by atoms with van der Waals surface area (Å²) >= 11 is 0. The Bertz CT molecular complexity index is 703. The van der Waals surface area contributed by atoms with Crippen LogP contribution in [0.2, 0.25) is 0 Å². The predicted molar refractivity (Wildman–Crippen MR) is 113 cm³/mol. The van der Waals surface area contributed by atoms with E-state index in [1.54, 1.807) is 0 Å². The van der Waals surface area contributed by atoms with Crippen LogP contribution in [0.4, 0.5) is 10.5 Å². The molecule has 2 aliphatic heterocycles. The Morgan fingerprint density at radius 1 is 1.00 bits per heavy atom. The molecule has 2 aliphatic rings. The minimum Gasteiger partial charge on any atom is -0.340 e. The number of carbonyl (C=O) groups is 2. The van der Waals surface area contributed by atoms with Crippen LogP contribution in [0.1, 0.15) is 45.1 Å². The number of benzene rings is 1. The molecule has 0 spiro atoms. The summed E-state index contributed by atoms with van der Waals surface area (Å²) in [6, 6.07) is 7.94. The van der Waals surface area contributed by atoms with Crippen molar-refractivity contribution >= 4 is 17.6 Å². The molecule has 0 aliphatic carbocycles. The van der Waals surface area contributed by atoms with Crippen molar-refractivity contribution < 1.29 is 9.59 Å². The highest BCUT2D eigenvalue weighted by atomic mass is 16.2. The summed E-state index contributed by atoms with van der Waals surface area (Å²) in [4.78, 5) is 31.7. The minimum absolute atomic E-state index is 0.0848. The van der Waals surface area contributed by atoms with Crippen LogP contribution < -0.4 is 5.32 Å². The zero-order chi connectivity index (χ0) is 20.3. The standard InChI is InChI=1S/C22H34N4O2/c1-17(2)18-6-8-19(9-7-18)23-21(28)26-12-5-11-25(14-15-26)20(27)22(3)10-13-24(4)16-22/h6-9,17H,5,10-16H2,1-4H3,(H,23,28). The average Bonchev–Trinajstić information content (AvgIpc) is 2.87. The van der Waals surface area contributed by atoms with E-state index in [1.807, 2.05) is 21.9 Å². The van der Waals surface area contributed by atoms with Crippen LogP contribution in [0, 0.1) is 5.41 Å². The lowest BCUT2D eigenvalue weighted by Crippen LogP contribution is -2.45. The van der Waals surface area contributed by atoms with Gasteiger partial charge in [-0.15, -0.1) is 0 Å². The largest absolute Gasteiger partial charge is 0.340 e. The second kappa shape index (κ2) is 8.52. The van der Waals surface area contributed by atoms with Gasteiger partial charge in [-0.25, -0.2) is 4.79 Å². The monoisotopic (exact) mass is 386 g/mol. The van der Waals surface area contributed by atoms with Gasteiger partial charge in [-0.05, 0) is 57.0 Å². The number of urea groups is 1.